The Morgan fingerprint density at radius 3 is 2.76 bits per heavy atom. The Morgan fingerprint density at radius 1 is 1.41 bits per heavy atom. The minimum atomic E-state index is -2.48. The van der Waals surface area contributed by atoms with Crippen molar-refractivity contribution in [2.45, 2.75) is 6.43 Å². The first-order valence-corrected chi connectivity index (χ1v) is 5.93. The maximum atomic E-state index is 13.2. The Bertz CT molecular complexity index is 377. The molecule has 1 aromatic carbocycles. The van der Waals surface area contributed by atoms with Gasteiger partial charge < -0.3 is 15.8 Å². The third-order valence-electron chi connectivity index (χ3n) is 1.90. The van der Waals surface area contributed by atoms with E-state index in [1.165, 1.54) is 12.1 Å². The maximum Gasteiger partial charge on any atom is 0.261 e. The molecule has 0 bridgehead atoms. The summed E-state index contributed by atoms with van der Waals surface area (Å²) in [5.41, 5.74) is 6.50. The van der Waals surface area contributed by atoms with Crippen molar-refractivity contribution in [3.8, 4) is 0 Å². The van der Waals surface area contributed by atoms with Crippen LogP contribution in [0.1, 0.15) is 0 Å². The van der Waals surface area contributed by atoms with Crippen LogP contribution in [0.15, 0.2) is 12.1 Å². The molecule has 3 N–H and O–H groups in total. The van der Waals surface area contributed by atoms with E-state index in [1.807, 2.05) is 22.6 Å². The Labute approximate surface area is 111 Å². The molecule has 0 heterocycles. The number of alkyl halides is 2. The van der Waals surface area contributed by atoms with Gasteiger partial charge in [0, 0.05) is 12.6 Å². The number of anilines is 2. The molecule has 0 amide bonds. The molecule has 0 saturated carbocycles. The van der Waals surface area contributed by atoms with Crippen LogP contribution in [-0.4, -0.2) is 26.2 Å². The Hall–Kier alpha value is -0.700. The van der Waals surface area contributed by atoms with Crippen molar-refractivity contribution >= 4 is 34.0 Å². The fourth-order valence-electron chi connectivity index (χ4n) is 1.15. The van der Waals surface area contributed by atoms with E-state index in [2.05, 4.69) is 10.1 Å². The molecule has 0 aliphatic rings. The fourth-order valence-corrected chi connectivity index (χ4v) is 1.64. The third kappa shape index (κ3) is 4.99. The predicted octanol–water partition coefficient (Wildman–Crippen LogP) is 2.71. The molecule has 1 rings (SSSR count). The number of nitrogen functional groups attached to an aromatic ring is 1. The average Bonchev–Trinajstić information content (AvgIpc) is 2.24. The second-order valence-corrected chi connectivity index (χ2v) is 4.41. The quantitative estimate of drug-likeness (QED) is 0.466. The number of ether oxygens (including phenoxy) is 1. The summed E-state index contributed by atoms with van der Waals surface area (Å²) in [7, 11) is 0. The Balaban J connectivity index is 2.39. The van der Waals surface area contributed by atoms with Crippen LogP contribution in [0.25, 0.3) is 0 Å². The van der Waals surface area contributed by atoms with Crippen molar-refractivity contribution < 1.29 is 17.9 Å². The zero-order valence-electron chi connectivity index (χ0n) is 8.85. The van der Waals surface area contributed by atoms with E-state index in [0.717, 1.165) is 0 Å². The first-order chi connectivity index (χ1) is 8.00. The molecule has 96 valence electrons. The van der Waals surface area contributed by atoms with Crippen molar-refractivity contribution in [1.82, 2.24) is 0 Å². The van der Waals surface area contributed by atoms with Crippen molar-refractivity contribution in [2.75, 3.05) is 30.8 Å². The standard InChI is InChI=1S/C10H12F3IN2O/c11-6-3-9(8(15)4-7(6)14)16-1-2-17-5-10(12)13/h3-4,10,16H,1-2,5,15H2. The van der Waals surface area contributed by atoms with Crippen LogP contribution in [0.2, 0.25) is 0 Å². The van der Waals surface area contributed by atoms with Gasteiger partial charge in [0.15, 0.2) is 0 Å². The summed E-state index contributed by atoms with van der Waals surface area (Å²) >= 11 is 1.83. The van der Waals surface area contributed by atoms with E-state index in [4.69, 9.17) is 5.73 Å². The molecule has 0 aromatic heterocycles. The minimum Gasteiger partial charge on any atom is -0.397 e. The minimum absolute atomic E-state index is 0.109. The lowest BCUT2D eigenvalue weighted by Crippen LogP contribution is -2.14. The van der Waals surface area contributed by atoms with Crippen LogP contribution in [0.3, 0.4) is 0 Å². The topological polar surface area (TPSA) is 47.3 Å². The average molecular weight is 360 g/mol. The first kappa shape index (κ1) is 14.4. The summed E-state index contributed by atoms with van der Waals surface area (Å²) in [6, 6.07) is 2.77. The van der Waals surface area contributed by atoms with Crippen LogP contribution >= 0.6 is 22.6 Å². The summed E-state index contributed by atoms with van der Waals surface area (Å²) < 4.78 is 41.8. The highest BCUT2D eigenvalue weighted by Crippen LogP contribution is 2.23. The van der Waals surface area contributed by atoms with E-state index in [9.17, 15) is 13.2 Å². The van der Waals surface area contributed by atoms with Crippen molar-refractivity contribution in [3.05, 3.63) is 21.5 Å². The summed E-state index contributed by atoms with van der Waals surface area (Å²) in [6.07, 6.45) is -2.48. The smallest absolute Gasteiger partial charge is 0.261 e. The molecule has 3 nitrogen and oxygen atoms in total. The van der Waals surface area contributed by atoms with Gasteiger partial charge in [0.2, 0.25) is 0 Å². The molecular weight excluding hydrogens is 348 g/mol. The largest absolute Gasteiger partial charge is 0.397 e. The van der Waals surface area contributed by atoms with E-state index in [-0.39, 0.29) is 19.0 Å². The summed E-state index contributed by atoms with van der Waals surface area (Å²) in [4.78, 5) is 0. The van der Waals surface area contributed by atoms with Gasteiger partial charge in [-0.3, -0.25) is 0 Å². The second-order valence-electron chi connectivity index (χ2n) is 3.25. The van der Waals surface area contributed by atoms with E-state index in [0.29, 0.717) is 14.9 Å². The predicted molar refractivity (Wildman–Crippen MR) is 68.8 cm³/mol. The summed E-state index contributed by atoms with van der Waals surface area (Å²) in [5, 5.41) is 2.82. The molecule has 0 saturated heterocycles. The van der Waals surface area contributed by atoms with Crippen molar-refractivity contribution in [1.29, 1.82) is 0 Å². The van der Waals surface area contributed by atoms with E-state index in [1.54, 1.807) is 0 Å². The third-order valence-corrected chi connectivity index (χ3v) is 2.72. The number of benzene rings is 1. The van der Waals surface area contributed by atoms with Gasteiger partial charge in [0.05, 0.1) is 21.6 Å². The molecule has 0 atom stereocenters. The molecule has 0 unspecified atom stereocenters. The molecule has 0 aliphatic carbocycles. The zero-order valence-corrected chi connectivity index (χ0v) is 11.0. The normalized spacial score (nSPS) is 10.9. The Morgan fingerprint density at radius 2 is 2.12 bits per heavy atom. The lowest BCUT2D eigenvalue weighted by Gasteiger charge is -2.10. The lowest BCUT2D eigenvalue weighted by molar-refractivity contribution is 0.0215. The lowest BCUT2D eigenvalue weighted by atomic mass is 10.2. The van der Waals surface area contributed by atoms with Crippen LogP contribution in [-0.2, 0) is 4.74 Å². The van der Waals surface area contributed by atoms with Gasteiger partial charge in [-0.2, -0.15) is 0 Å². The molecule has 0 fully saturated rings. The number of hydrogen-bond donors (Lipinski definition) is 2. The van der Waals surface area contributed by atoms with Gasteiger partial charge in [0.1, 0.15) is 12.4 Å². The number of nitrogens with one attached hydrogen (secondary N) is 1. The molecular formula is C10H12F3IN2O. The number of nitrogens with two attached hydrogens (primary N) is 1. The van der Waals surface area contributed by atoms with Crippen LogP contribution < -0.4 is 11.1 Å². The van der Waals surface area contributed by atoms with Gasteiger partial charge in [-0.15, -0.1) is 0 Å². The monoisotopic (exact) mass is 360 g/mol. The van der Waals surface area contributed by atoms with Crippen molar-refractivity contribution in [3.63, 3.8) is 0 Å². The van der Waals surface area contributed by atoms with E-state index >= 15 is 0 Å². The molecule has 7 heteroatoms. The number of rotatable bonds is 6. The Kier molecular flexibility index (Phi) is 5.83. The highest BCUT2D eigenvalue weighted by atomic mass is 127. The first-order valence-electron chi connectivity index (χ1n) is 4.85. The van der Waals surface area contributed by atoms with E-state index < -0.39 is 13.0 Å². The van der Waals surface area contributed by atoms with Crippen molar-refractivity contribution in [2.24, 2.45) is 0 Å². The molecule has 1 aromatic rings. The molecule has 0 radical (unpaired) electrons. The van der Waals surface area contributed by atoms with Gasteiger partial charge in [-0.1, -0.05) is 0 Å². The number of halogens is 4. The molecule has 17 heavy (non-hydrogen) atoms. The van der Waals surface area contributed by atoms with Gasteiger partial charge >= 0.3 is 0 Å². The maximum absolute atomic E-state index is 13.2. The zero-order chi connectivity index (χ0) is 12.8. The van der Waals surface area contributed by atoms with Gasteiger partial charge in [0.25, 0.3) is 6.43 Å². The van der Waals surface area contributed by atoms with Crippen LogP contribution in [0.5, 0.6) is 0 Å². The van der Waals surface area contributed by atoms with Gasteiger partial charge in [-0.25, -0.2) is 13.2 Å². The fraction of sp³-hybridized carbons (Fsp3) is 0.400. The summed E-state index contributed by atoms with van der Waals surface area (Å²) in [5.74, 6) is -0.379. The molecule has 0 aliphatic heterocycles. The number of hydrogen-bond acceptors (Lipinski definition) is 3. The highest BCUT2D eigenvalue weighted by molar-refractivity contribution is 14.1. The SMILES string of the molecule is Nc1cc(I)c(F)cc1NCCOCC(F)F. The summed E-state index contributed by atoms with van der Waals surface area (Å²) in [6.45, 7) is -0.202. The van der Waals surface area contributed by atoms with Crippen LogP contribution in [0.4, 0.5) is 24.5 Å². The van der Waals surface area contributed by atoms with Gasteiger partial charge in [-0.05, 0) is 28.7 Å². The van der Waals surface area contributed by atoms with Crippen LogP contribution in [0, 0.1) is 9.39 Å². The second kappa shape index (κ2) is 6.90. The highest BCUT2D eigenvalue weighted by Gasteiger charge is 2.06. The molecule has 0 spiro atoms.